The van der Waals surface area contributed by atoms with E-state index in [0.29, 0.717) is 11.4 Å². The third kappa shape index (κ3) is 6.48. The molecule has 0 aromatic heterocycles. The largest absolute Gasteiger partial charge is 0.444 e. The maximum Gasteiger partial charge on any atom is 0.408 e. The number of nitrogens with one attached hydrogen (secondary N) is 1. The maximum absolute atomic E-state index is 11.8. The number of alkyl carbamates (subject to hydrolysis) is 1. The average molecular weight is 311 g/mol. The van der Waals surface area contributed by atoms with Gasteiger partial charge >= 0.3 is 6.09 Å². The minimum Gasteiger partial charge on any atom is -0.444 e. The molecule has 1 rings (SSSR count). The summed E-state index contributed by atoms with van der Waals surface area (Å²) >= 11 is 5.80. The van der Waals surface area contributed by atoms with E-state index in [1.807, 2.05) is 0 Å². The molecule has 0 saturated heterocycles. The van der Waals surface area contributed by atoms with Gasteiger partial charge in [-0.15, -0.1) is 0 Å². The number of amides is 1. The van der Waals surface area contributed by atoms with Gasteiger partial charge in [-0.25, -0.2) is 4.79 Å². The molecule has 114 valence electrons. The summed E-state index contributed by atoms with van der Waals surface area (Å²) in [7, 11) is 0. The summed E-state index contributed by atoms with van der Waals surface area (Å²) < 4.78 is 5.13. The Morgan fingerprint density at radius 2 is 2.00 bits per heavy atom. The number of aliphatic hydroxyl groups is 1. The minimum atomic E-state index is -1.33. The molecular formula is C15H19ClN2O3. The number of benzene rings is 1. The summed E-state index contributed by atoms with van der Waals surface area (Å²) in [5, 5.41) is 21.7. The van der Waals surface area contributed by atoms with Crippen LogP contribution < -0.4 is 5.32 Å². The molecule has 0 fully saturated rings. The lowest BCUT2D eigenvalue weighted by molar-refractivity contribution is 0.0458. The molecule has 0 heterocycles. The lowest BCUT2D eigenvalue weighted by Gasteiger charge is -2.24. The Bertz CT molecular complexity index is 517. The van der Waals surface area contributed by atoms with Gasteiger partial charge in [0.05, 0.1) is 12.1 Å². The van der Waals surface area contributed by atoms with Gasteiger partial charge < -0.3 is 15.2 Å². The van der Waals surface area contributed by atoms with Crippen molar-refractivity contribution >= 4 is 17.7 Å². The number of carbonyl (C=O) groups is 1. The van der Waals surface area contributed by atoms with Gasteiger partial charge in [-0.05, 0) is 44.9 Å². The second kappa shape index (κ2) is 7.30. The number of nitrogens with zero attached hydrogens (tertiary/aromatic N) is 1. The van der Waals surface area contributed by atoms with Crippen LogP contribution in [0.2, 0.25) is 5.02 Å². The van der Waals surface area contributed by atoms with Crippen molar-refractivity contribution in [2.24, 2.45) is 0 Å². The zero-order valence-corrected chi connectivity index (χ0v) is 13.0. The molecule has 1 aromatic carbocycles. The van der Waals surface area contributed by atoms with Gasteiger partial charge in [0, 0.05) is 5.02 Å². The number of aliphatic hydroxyl groups excluding tert-OH is 1. The first-order valence-corrected chi connectivity index (χ1v) is 6.90. The Labute approximate surface area is 129 Å². The first-order valence-electron chi connectivity index (χ1n) is 6.53. The number of carbonyl (C=O) groups excluding carboxylic acids is 1. The van der Waals surface area contributed by atoms with Crippen LogP contribution in [0.25, 0.3) is 0 Å². The Hall–Kier alpha value is -1.77. The van der Waals surface area contributed by atoms with Crippen molar-refractivity contribution in [2.75, 3.05) is 0 Å². The Morgan fingerprint density at radius 1 is 1.43 bits per heavy atom. The molecule has 2 atom stereocenters. The monoisotopic (exact) mass is 310 g/mol. The van der Waals surface area contributed by atoms with Crippen LogP contribution in [0.4, 0.5) is 4.79 Å². The molecular weight excluding hydrogens is 292 g/mol. The molecule has 0 spiro atoms. The van der Waals surface area contributed by atoms with E-state index in [-0.39, 0.29) is 0 Å². The third-order valence-corrected chi connectivity index (χ3v) is 2.84. The fourth-order valence-electron chi connectivity index (χ4n) is 1.66. The first kappa shape index (κ1) is 17.3. The van der Waals surface area contributed by atoms with Gasteiger partial charge in [0.25, 0.3) is 0 Å². The third-order valence-electron chi connectivity index (χ3n) is 2.58. The molecule has 1 amide bonds. The molecule has 1 aromatic rings. The smallest absolute Gasteiger partial charge is 0.408 e. The first-order chi connectivity index (χ1) is 9.71. The molecule has 0 bridgehead atoms. The number of halogens is 1. The van der Waals surface area contributed by atoms with E-state index < -0.39 is 23.8 Å². The summed E-state index contributed by atoms with van der Waals surface area (Å²) in [6.45, 7) is 5.21. The van der Waals surface area contributed by atoms with Gasteiger partial charge in [-0.2, -0.15) is 5.26 Å². The van der Waals surface area contributed by atoms with Crippen LogP contribution in [0, 0.1) is 11.3 Å². The van der Waals surface area contributed by atoms with Crippen molar-refractivity contribution < 1.29 is 14.6 Å². The van der Waals surface area contributed by atoms with Gasteiger partial charge in [-0.1, -0.05) is 23.7 Å². The van der Waals surface area contributed by atoms with E-state index >= 15 is 0 Å². The van der Waals surface area contributed by atoms with Gasteiger partial charge in [0.2, 0.25) is 0 Å². The number of hydrogen-bond donors (Lipinski definition) is 2. The van der Waals surface area contributed by atoms with Crippen LogP contribution in [-0.2, 0) is 11.2 Å². The highest BCUT2D eigenvalue weighted by Gasteiger charge is 2.24. The summed E-state index contributed by atoms with van der Waals surface area (Å²) in [6, 6.07) is 7.93. The van der Waals surface area contributed by atoms with Crippen molar-refractivity contribution in [3.63, 3.8) is 0 Å². The van der Waals surface area contributed by atoms with Gasteiger partial charge in [-0.3, -0.25) is 0 Å². The summed E-state index contributed by atoms with van der Waals surface area (Å²) in [4.78, 5) is 11.8. The Morgan fingerprint density at radius 3 is 2.48 bits per heavy atom. The lowest BCUT2D eigenvalue weighted by atomic mass is 10.0. The molecule has 2 N–H and O–H groups in total. The number of hydrogen-bond acceptors (Lipinski definition) is 4. The van der Waals surface area contributed by atoms with Crippen LogP contribution >= 0.6 is 11.6 Å². The minimum absolute atomic E-state index is 0.297. The molecule has 1 unspecified atom stereocenters. The summed E-state index contributed by atoms with van der Waals surface area (Å²) in [6.07, 6.45) is -1.70. The van der Waals surface area contributed by atoms with Crippen LogP contribution in [0.1, 0.15) is 26.3 Å². The maximum atomic E-state index is 11.8. The molecule has 0 saturated carbocycles. The molecule has 0 aliphatic heterocycles. The van der Waals surface area contributed by atoms with E-state index in [4.69, 9.17) is 21.6 Å². The van der Waals surface area contributed by atoms with E-state index in [9.17, 15) is 9.90 Å². The normalized spacial score (nSPS) is 13.9. The van der Waals surface area contributed by atoms with Crippen LogP contribution in [0.3, 0.4) is 0 Å². The highest BCUT2D eigenvalue weighted by Crippen LogP contribution is 2.13. The van der Waals surface area contributed by atoms with Gasteiger partial charge in [0.1, 0.15) is 5.60 Å². The molecule has 0 aliphatic rings. The van der Waals surface area contributed by atoms with E-state index in [0.717, 1.165) is 5.56 Å². The highest BCUT2D eigenvalue weighted by molar-refractivity contribution is 6.30. The van der Waals surface area contributed by atoms with Crippen LogP contribution in [0.15, 0.2) is 24.3 Å². The highest BCUT2D eigenvalue weighted by atomic mass is 35.5. The fourth-order valence-corrected chi connectivity index (χ4v) is 1.79. The predicted molar refractivity (Wildman–Crippen MR) is 79.9 cm³/mol. The molecule has 0 radical (unpaired) electrons. The number of nitriles is 1. The summed E-state index contributed by atoms with van der Waals surface area (Å²) in [5.41, 5.74) is 0.196. The Balaban J connectivity index is 2.75. The van der Waals surface area contributed by atoms with Gasteiger partial charge in [0.15, 0.2) is 6.10 Å². The Kier molecular flexibility index (Phi) is 6.01. The zero-order chi connectivity index (χ0) is 16.0. The van der Waals surface area contributed by atoms with Crippen LogP contribution in [-0.4, -0.2) is 28.9 Å². The van der Waals surface area contributed by atoms with Crippen molar-refractivity contribution in [2.45, 2.75) is 44.9 Å². The zero-order valence-electron chi connectivity index (χ0n) is 12.3. The quantitative estimate of drug-likeness (QED) is 0.838. The SMILES string of the molecule is CC(C)(C)OC(=O)N[C@@H](Cc1ccc(Cl)cc1)C(O)C#N. The molecule has 6 heteroatoms. The van der Waals surface area contributed by atoms with E-state index in [1.165, 1.54) is 0 Å². The van der Waals surface area contributed by atoms with E-state index in [1.54, 1.807) is 51.1 Å². The fraction of sp³-hybridized carbons (Fsp3) is 0.467. The molecule has 5 nitrogen and oxygen atoms in total. The van der Waals surface area contributed by atoms with Crippen molar-refractivity contribution in [1.29, 1.82) is 5.26 Å². The summed E-state index contributed by atoms with van der Waals surface area (Å²) in [5.74, 6) is 0. The molecule has 21 heavy (non-hydrogen) atoms. The second-order valence-corrected chi connectivity index (χ2v) is 6.09. The van der Waals surface area contributed by atoms with Crippen molar-refractivity contribution in [1.82, 2.24) is 5.32 Å². The standard InChI is InChI=1S/C15H19ClN2O3/c1-15(2,3)21-14(20)18-12(13(19)9-17)8-10-4-6-11(16)7-5-10/h4-7,12-13,19H,8H2,1-3H3,(H,18,20)/t12-,13?/m0/s1. The predicted octanol–water partition coefficient (Wildman–Crippen LogP) is 2.66. The lowest BCUT2D eigenvalue weighted by Crippen LogP contribution is -2.46. The second-order valence-electron chi connectivity index (χ2n) is 5.66. The van der Waals surface area contributed by atoms with Crippen LogP contribution in [0.5, 0.6) is 0 Å². The average Bonchev–Trinajstić information content (AvgIpc) is 2.37. The van der Waals surface area contributed by atoms with Crippen molar-refractivity contribution in [3.05, 3.63) is 34.9 Å². The van der Waals surface area contributed by atoms with E-state index in [2.05, 4.69) is 5.32 Å². The molecule has 0 aliphatic carbocycles. The van der Waals surface area contributed by atoms with Crippen molar-refractivity contribution in [3.8, 4) is 6.07 Å². The number of ether oxygens (including phenoxy) is 1. The number of rotatable bonds is 4. The topological polar surface area (TPSA) is 82.3 Å².